The summed E-state index contributed by atoms with van der Waals surface area (Å²) >= 11 is 0. The zero-order valence-corrected chi connectivity index (χ0v) is 13.7. The zero-order valence-electron chi connectivity index (χ0n) is 13.7. The number of aromatic nitrogens is 3. The van der Waals surface area contributed by atoms with E-state index < -0.39 is 0 Å². The molecule has 0 spiro atoms. The van der Waals surface area contributed by atoms with Crippen LogP contribution in [0, 0.1) is 18.3 Å². The molecule has 1 aliphatic rings. The maximum atomic E-state index is 12.6. The average Bonchev–Trinajstić information content (AvgIpc) is 3.15. The van der Waals surface area contributed by atoms with Gasteiger partial charge in [0.15, 0.2) is 0 Å². The monoisotopic (exact) mass is 329 g/mol. The number of hydrogen-bond donors (Lipinski definition) is 1. The third-order valence-electron chi connectivity index (χ3n) is 4.53. The molecule has 0 unspecified atom stereocenters. The number of carbonyl (C=O) groups is 1. The highest BCUT2D eigenvalue weighted by Gasteiger charge is 2.30. The van der Waals surface area contributed by atoms with Crippen molar-refractivity contribution in [3.63, 3.8) is 0 Å². The van der Waals surface area contributed by atoms with Crippen molar-refractivity contribution in [3.8, 4) is 17.2 Å². The molecule has 1 aromatic carbocycles. The minimum absolute atomic E-state index is 0.110. The number of fused-ring (bicyclic) bond motifs is 2. The summed E-state index contributed by atoms with van der Waals surface area (Å²) in [6, 6.07) is 8.04. The Hall–Kier alpha value is -3.46. The van der Waals surface area contributed by atoms with Gasteiger partial charge in [-0.05, 0) is 30.2 Å². The fourth-order valence-electron chi connectivity index (χ4n) is 3.23. The van der Waals surface area contributed by atoms with E-state index in [2.05, 4.69) is 27.8 Å². The molecule has 1 aliphatic heterocycles. The molecule has 2 aromatic heterocycles. The number of aryl methyl sites for hydroxylation is 1. The van der Waals surface area contributed by atoms with Crippen LogP contribution < -0.4 is 0 Å². The van der Waals surface area contributed by atoms with E-state index in [0.29, 0.717) is 17.7 Å². The minimum atomic E-state index is -0.110. The first-order chi connectivity index (χ1) is 12.1. The summed E-state index contributed by atoms with van der Waals surface area (Å²) in [4.78, 5) is 18.5. The molecular weight excluding hydrogens is 314 g/mol. The zero-order chi connectivity index (χ0) is 17.6. The van der Waals surface area contributed by atoms with Gasteiger partial charge in [-0.25, -0.2) is 0 Å². The number of carbonyl (C=O) groups excluding carboxylic acids is 1. The van der Waals surface area contributed by atoms with Crippen molar-refractivity contribution >= 4 is 16.8 Å². The van der Waals surface area contributed by atoms with Crippen LogP contribution >= 0.6 is 0 Å². The lowest BCUT2D eigenvalue weighted by Crippen LogP contribution is -2.25. The van der Waals surface area contributed by atoms with Gasteiger partial charge in [0.25, 0.3) is 5.91 Å². The van der Waals surface area contributed by atoms with Gasteiger partial charge in [0.1, 0.15) is 0 Å². The van der Waals surface area contributed by atoms with Crippen molar-refractivity contribution in [2.24, 2.45) is 0 Å². The Morgan fingerprint density at radius 1 is 1.40 bits per heavy atom. The van der Waals surface area contributed by atoms with Crippen molar-refractivity contribution in [2.45, 2.75) is 13.5 Å². The van der Waals surface area contributed by atoms with E-state index in [9.17, 15) is 4.79 Å². The summed E-state index contributed by atoms with van der Waals surface area (Å²) in [5.74, 6) is -0.110. The molecule has 6 nitrogen and oxygen atoms in total. The second kappa shape index (κ2) is 5.56. The van der Waals surface area contributed by atoms with E-state index in [1.54, 1.807) is 17.3 Å². The summed E-state index contributed by atoms with van der Waals surface area (Å²) in [6.45, 7) is 6.32. The van der Waals surface area contributed by atoms with Crippen LogP contribution in [0.2, 0.25) is 0 Å². The van der Waals surface area contributed by atoms with Gasteiger partial charge in [0, 0.05) is 35.5 Å². The van der Waals surface area contributed by atoms with E-state index in [1.165, 1.54) is 0 Å². The third kappa shape index (κ3) is 2.37. The maximum Gasteiger partial charge on any atom is 0.256 e. The van der Waals surface area contributed by atoms with E-state index in [1.807, 2.05) is 25.1 Å². The maximum absolute atomic E-state index is 12.6. The molecular formula is C19H15N5O. The van der Waals surface area contributed by atoms with Crippen LogP contribution in [0.1, 0.15) is 21.6 Å². The van der Waals surface area contributed by atoms with Crippen LogP contribution in [-0.2, 0) is 6.54 Å². The van der Waals surface area contributed by atoms with Gasteiger partial charge in [0.2, 0.25) is 0 Å². The lowest BCUT2D eigenvalue weighted by Gasteiger charge is -2.14. The molecule has 0 atom stereocenters. The number of rotatable bonds is 3. The number of pyridine rings is 1. The molecule has 0 bridgehead atoms. The number of amides is 1. The predicted octanol–water partition coefficient (Wildman–Crippen LogP) is 2.97. The first-order valence-corrected chi connectivity index (χ1v) is 7.87. The van der Waals surface area contributed by atoms with Crippen LogP contribution in [0.4, 0.5) is 0 Å². The lowest BCUT2D eigenvalue weighted by molar-refractivity contribution is 0.0793. The Kier molecular flexibility index (Phi) is 3.36. The van der Waals surface area contributed by atoms with Crippen LogP contribution in [0.25, 0.3) is 22.0 Å². The number of H-pyrrole nitrogens is 1. The second-order valence-electron chi connectivity index (χ2n) is 6.16. The summed E-state index contributed by atoms with van der Waals surface area (Å²) in [6.07, 6.45) is 3.38. The highest BCUT2D eigenvalue weighted by Crippen LogP contribution is 2.33. The molecule has 25 heavy (non-hydrogen) atoms. The Bertz CT molecular complexity index is 1070. The fourth-order valence-corrected chi connectivity index (χ4v) is 3.23. The largest absolute Gasteiger partial charge is 0.329 e. The van der Waals surface area contributed by atoms with Crippen LogP contribution in [0.3, 0.4) is 0 Å². The molecule has 6 heteroatoms. The number of hydrogen-bond acceptors (Lipinski definition) is 4. The molecule has 3 heterocycles. The highest BCUT2D eigenvalue weighted by atomic mass is 16.2. The molecule has 122 valence electrons. The van der Waals surface area contributed by atoms with Gasteiger partial charge in [-0.2, -0.15) is 10.4 Å². The number of nitrogens with one attached hydrogen (secondary N) is 1. The van der Waals surface area contributed by atoms with E-state index in [-0.39, 0.29) is 12.5 Å². The van der Waals surface area contributed by atoms with Gasteiger partial charge in [-0.3, -0.25) is 14.9 Å². The van der Waals surface area contributed by atoms with E-state index in [0.717, 1.165) is 33.3 Å². The Balaban J connectivity index is 1.79. The van der Waals surface area contributed by atoms with E-state index in [4.69, 9.17) is 5.26 Å². The van der Waals surface area contributed by atoms with Crippen LogP contribution in [-0.4, -0.2) is 32.5 Å². The van der Waals surface area contributed by atoms with Gasteiger partial charge >= 0.3 is 0 Å². The molecule has 1 N–H and O–H groups in total. The molecule has 1 amide bonds. The molecule has 0 aliphatic carbocycles. The Morgan fingerprint density at radius 3 is 3.00 bits per heavy atom. The molecule has 0 radical (unpaired) electrons. The predicted molar refractivity (Wildman–Crippen MR) is 93.6 cm³/mol. The highest BCUT2D eigenvalue weighted by molar-refractivity contribution is 6.00. The molecule has 0 saturated heterocycles. The number of benzene rings is 1. The summed E-state index contributed by atoms with van der Waals surface area (Å²) in [5.41, 5.74) is 5.73. The smallest absolute Gasteiger partial charge is 0.256 e. The Morgan fingerprint density at radius 2 is 2.20 bits per heavy atom. The fraction of sp³-hybridized carbons (Fsp3) is 0.158. The van der Waals surface area contributed by atoms with Gasteiger partial charge in [-0.15, -0.1) is 0 Å². The SMILES string of the molecule is C=C(C#N)CN1Cc2c(cncc2-c2ccc3[nH]nc(C)c3c2)C1=O. The van der Waals surface area contributed by atoms with Gasteiger partial charge in [-0.1, -0.05) is 12.6 Å². The lowest BCUT2D eigenvalue weighted by atomic mass is 9.98. The van der Waals surface area contributed by atoms with Crippen molar-refractivity contribution < 1.29 is 4.79 Å². The van der Waals surface area contributed by atoms with E-state index >= 15 is 0 Å². The second-order valence-corrected chi connectivity index (χ2v) is 6.16. The standard InChI is InChI=1S/C19H15N5O/c1-11(6-20)9-24-10-17-15(7-21-8-16(17)19(24)25)13-3-4-18-14(5-13)12(2)22-23-18/h3-5,7-8H,1,9-10H2,2H3,(H,22,23). The molecule has 0 fully saturated rings. The van der Waals surface area contributed by atoms with Gasteiger partial charge in [0.05, 0.1) is 29.4 Å². The molecule has 4 rings (SSSR count). The normalized spacial score (nSPS) is 13.1. The number of aromatic amines is 1. The van der Waals surface area contributed by atoms with Crippen molar-refractivity contribution in [1.82, 2.24) is 20.1 Å². The summed E-state index contributed by atoms with van der Waals surface area (Å²) in [5, 5.41) is 17.2. The summed E-state index contributed by atoms with van der Waals surface area (Å²) in [7, 11) is 0. The first-order valence-electron chi connectivity index (χ1n) is 7.87. The van der Waals surface area contributed by atoms with Gasteiger partial charge < -0.3 is 4.90 Å². The summed E-state index contributed by atoms with van der Waals surface area (Å²) < 4.78 is 0. The quantitative estimate of drug-likeness (QED) is 0.749. The number of nitrogens with zero attached hydrogens (tertiary/aromatic N) is 4. The molecule has 0 saturated carbocycles. The van der Waals surface area contributed by atoms with Crippen LogP contribution in [0.15, 0.2) is 42.7 Å². The van der Waals surface area contributed by atoms with Crippen LogP contribution in [0.5, 0.6) is 0 Å². The average molecular weight is 329 g/mol. The number of nitriles is 1. The van der Waals surface area contributed by atoms with Crippen molar-refractivity contribution in [1.29, 1.82) is 5.26 Å². The first kappa shape index (κ1) is 15.1. The van der Waals surface area contributed by atoms with Crippen molar-refractivity contribution in [3.05, 3.63) is 59.6 Å². The molecule has 3 aromatic rings. The minimum Gasteiger partial charge on any atom is -0.329 e. The Labute approximate surface area is 144 Å². The van der Waals surface area contributed by atoms with Crippen molar-refractivity contribution in [2.75, 3.05) is 6.54 Å². The third-order valence-corrected chi connectivity index (χ3v) is 4.53. The topological polar surface area (TPSA) is 85.7 Å².